The van der Waals surface area contributed by atoms with E-state index in [-0.39, 0.29) is 0 Å². The molecule has 326 valence electrons. The van der Waals surface area contributed by atoms with Crippen LogP contribution in [0.5, 0.6) is 0 Å². The smallest absolute Gasteiger partial charge is 0.238 e. The van der Waals surface area contributed by atoms with Gasteiger partial charge in [-0.3, -0.25) is 4.57 Å². The minimum absolute atomic E-state index is 0.558. The summed E-state index contributed by atoms with van der Waals surface area (Å²) >= 11 is 0. The fraction of sp³-hybridized carbons (Fsp3) is 0. The molecule has 0 unspecified atom stereocenters. The average molecular weight is 892 g/mol. The molecule has 0 radical (unpaired) electrons. The molecule has 14 aromatic rings. The normalized spacial score (nSPS) is 11.7. The van der Waals surface area contributed by atoms with Crippen molar-refractivity contribution in [3.63, 3.8) is 0 Å². The topological polar surface area (TPSA) is 48.5 Å². The number of para-hydroxylation sites is 1. The molecule has 0 aliphatic heterocycles. The van der Waals surface area contributed by atoms with Gasteiger partial charge in [-0.15, -0.1) is 0 Å². The Hall–Kier alpha value is -9.45. The molecule has 14 rings (SSSR count). The van der Waals surface area contributed by atoms with Gasteiger partial charge in [0.05, 0.1) is 22.1 Å². The molecule has 70 heavy (non-hydrogen) atoms. The van der Waals surface area contributed by atoms with E-state index in [9.17, 15) is 0 Å². The van der Waals surface area contributed by atoms with Crippen LogP contribution in [0.15, 0.2) is 249 Å². The van der Waals surface area contributed by atoms with Gasteiger partial charge >= 0.3 is 0 Å². The van der Waals surface area contributed by atoms with Gasteiger partial charge in [0.15, 0.2) is 11.6 Å². The van der Waals surface area contributed by atoms with E-state index in [1.54, 1.807) is 0 Å². The molecule has 3 heterocycles. The van der Waals surface area contributed by atoms with Gasteiger partial charge in [0, 0.05) is 43.7 Å². The van der Waals surface area contributed by atoms with Crippen LogP contribution in [-0.2, 0) is 0 Å². The molecule has 0 spiro atoms. The molecular formula is C65H41N5. The van der Waals surface area contributed by atoms with Crippen LogP contribution in [0.25, 0.3) is 133 Å². The molecule has 0 N–H and O–H groups in total. The summed E-state index contributed by atoms with van der Waals surface area (Å²) in [4.78, 5) is 16.1. The zero-order valence-electron chi connectivity index (χ0n) is 37.9. The van der Waals surface area contributed by atoms with Crippen LogP contribution in [0.4, 0.5) is 0 Å². The molecule has 0 saturated carbocycles. The molecular weight excluding hydrogens is 851 g/mol. The lowest BCUT2D eigenvalue weighted by Crippen LogP contribution is -2.06. The van der Waals surface area contributed by atoms with Crippen molar-refractivity contribution < 1.29 is 0 Å². The summed E-state index contributed by atoms with van der Waals surface area (Å²) < 4.78 is 4.77. The Bertz CT molecular complexity index is 4250. The Balaban J connectivity index is 1.11. The number of hydrogen-bond acceptors (Lipinski definition) is 3. The highest BCUT2D eigenvalue weighted by molar-refractivity contribution is 6.38. The maximum Gasteiger partial charge on any atom is 0.238 e. The zero-order chi connectivity index (χ0) is 46.1. The van der Waals surface area contributed by atoms with E-state index in [0.717, 1.165) is 77.3 Å². The molecule has 0 aliphatic rings. The first-order chi connectivity index (χ1) is 34.7. The van der Waals surface area contributed by atoms with Crippen LogP contribution >= 0.6 is 0 Å². The minimum atomic E-state index is 0.558. The summed E-state index contributed by atoms with van der Waals surface area (Å²) in [5.74, 6) is 1.77. The van der Waals surface area contributed by atoms with Crippen molar-refractivity contribution in [3.05, 3.63) is 249 Å². The third-order valence-corrected chi connectivity index (χ3v) is 13.9. The van der Waals surface area contributed by atoms with Gasteiger partial charge in [0.1, 0.15) is 0 Å². The van der Waals surface area contributed by atoms with Crippen molar-refractivity contribution in [1.29, 1.82) is 0 Å². The molecule has 0 saturated heterocycles. The van der Waals surface area contributed by atoms with Crippen molar-refractivity contribution in [2.45, 2.75) is 0 Å². The molecule has 0 atom stereocenters. The highest BCUT2D eigenvalue weighted by atomic mass is 15.2. The molecule has 0 aliphatic carbocycles. The maximum atomic E-state index is 5.47. The Morgan fingerprint density at radius 3 is 1.24 bits per heavy atom. The number of hydrogen-bond donors (Lipinski definition) is 0. The number of nitrogens with zero attached hydrogens (tertiary/aromatic N) is 5. The molecule has 0 amide bonds. The number of aromatic nitrogens is 5. The van der Waals surface area contributed by atoms with E-state index in [4.69, 9.17) is 15.0 Å². The predicted molar refractivity (Wildman–Crippen MR) is 291 cm³/mol. The third-order valence-electron chi connectivity index (χ3n) is 13.9. The Morgan fingerprint density at radius 2 is 0.657 bits per heavy atom. The SMILES string of the molecule is c1ccc(-c2ccc(-c3nc(-c4ccccc4)nc(-n4c5ccc6c(c7ccccc7n6-c6cc(-c7ccccc7)cc(-c7ccccc7)c6)c5c5c6ccccc6c6ccccc6c54)n3)cc2)cc1. The quantitative estimate of drug-likeness (QED) is 0.150. The van der Waals surface area contributed by atoms with Gasteiger partial charge in [-0.05, 0) is 85.9 Å². The fourth-order valence-corrected chi connectivity index (χ4v) is 10.8. The largest absolute Gasteiger partial charge is 0.309 e. The van der Waals surface area contributed by atoms with E-state index in [1.807, 2.05) is 24.3 Å². The van der Waals surface area contributed by atoms with Crippen molar-refractivity contribution in [1.82, 2.24) is 24.1 Å². The second kappa shape index (κ2) is 16.1. The molecule has 0 fully saturated rings. The van der Waals surface area contributed by atoms with E-state index in [1.165, 1.54) is 38.1 Å². The summed E-state index contributed by atoms with van der Waals surface area (Å²) in [6.45, 7) is 0. The summed E-state index contributed by atoms with van der Waals surface area (Å²) in [6.07, 6.45) is 0. The Labute approximate surface area is 403 Å². The van der Waals surface area contributed by atoms with Crippen LogP contribution in [-0.4, -0.2) is 24.1 Å². The Kier molecular flexibility index (Phi) is 9.14. The van der Waals surface area contributed by atoms with Crippen LogP contribution in [0.1, 0.15) is 0 Å². The van der Waals surface area contributed by atoms with Gasteiger partial charge in [-0.2, -0.15) is 9.97 Å². The van der Waals surface area contributed by atoms with Gasteiger partial charge < -0.3 is 4.57 Å². The van der Waals surface area contributed by atoms with Gasteiger partial charge in [-0.1, -0.05) is 212 Å². The third kappa shape index (κ3) is 6.36. The summed E-state index contributed by atoms with van der Waals surface area (Å²) in [5, 5.41) is 9.35. The Morgan fingerprint density at radius 1 is 0.243 bits per heavy atom. The maximum absolute atomic E-state index is 5.47. The zero-order valence-corrected chi connectivity index (χ0v) is 37.9. The first-order valence-corrected chi connectivity index (χ1v) is 23.8. The number of fused-ring (bicyclic) bond motifs is 12. The average Bonchev–Trinajstić information content (AvgIpc) is 3.98. The van der Waals surface area contributed by atoms with Crippen LogP contribution in [0.2, 0.25) is 0 Å². The van der Waals surface area contributed by atoms with Gasteiger partial charge in [0.25, 0.3) is 0 Å². The molecule has 5 heteroatoms. The second-order valence-electron chi connectivity index (χ2n) is 17.9. The summed E-state index contributed by atoms with van der Waals surface area (Å²) in [5.41, 5.74) is 14.2. The number of rotatable bonds is 7. The highest BCUT2D eigenvalue weighted by Crippen LogP contribution is 2.47. The molecule has 11 aromatic carbocycles. The monoisotopic (exact) mass is 891 g/mol. The lowest BCUT2D eigenvalue weighted by atomic mass is 9.95. The summed E-state index contributed by atoms with van der Waals surface area (Å²) in [6, 6.07) is 88.8. The highest BCUT2D eigenvalue weighted by Gasteiger charge is 2.26. The number of benzene rings is 11. The van der Waals surface area contributed by atoms with Crippen molar-refractivity contribution in [2.75, 3.05) is 0 Å². The standard InChI is InChI=1S/C65H41N5/c1-5-19-42(20-6-1)45-33-35-47(36-34-45)64-66-63(46-25-11-4-12-26-46)67-65(68-64)70-58-38-37-57-59(61(58)60-53-29-15-13-27-51(53)52-28-14-16-30-54(52)62(60)70)55-31-17-18-32-56(55)69(57)50-40-48(43-21-7-2-8-22-43)39-49(41-50)44-23-9-3-10-24-44/h1-41H. The van der Waals surface area contributed by atoms with Crippen LogP contribution in [0.3, 0.4) is 0 Å². The second-order valence-corrected chi connectivity index (χ2v) is 17.9. The summed E-state index contributed by atoms with van der Waals surface area (Å²) in [7, 11) is 0. The molecule has 3 aromatic heterocycles. The van der Waals surface area contributed by atoms with Gasteiger partial charge in [-0.25, -0.2) is 4.98 Å². The van der Waals surface area contributed by atoms with E-state index in [2.05, 4.69) is 234 Å². The molecule has 0 bridgehead atoms. The lowest BCUT2D eigenvalue weighted by molar-refractivity contribution is 0.955. The lowest BCUT2D eigenvalue weighted by Gasteiger charge is -2.14. The fourth-order valence-electron chi connectivity index (χ4n) is 10.8. The van der Waals surface area contributed by atoms with Crippen LogP contribution in [0, 0.1) is 0 Å². The van der Waals surface area contributed by atoms with Crippen LogP contribution < -0.4 is 0 Å². The van der Waals surface area contributed by atoms with Crippen molar-refractivity contribution >= 4 is 65.2 Å². The predicted octanol–water partition coefficient (Wildman–Crippen LogP) is 16.7. The van der Waals surface area contributed by atoms with E-state index in [0.29, 0.717) is 17.6 Å². The molecule has 5 nitrogen and oxygen atoms in total. The van der Waals surface area contributed by atoms with E-state index >= 15 is 0 Å². The van der Waals surface area contributed by atoms with Gasteiger partial charge in [0.2, 0.25) is 5.95 Å². The first-order valence-electron chi connectivity index (χ1n) is 23.8. The first kappa shape index (κ1) is 39.7. The van der Waals surface area contributed by atoms with Crippen molar-refractivity contribution in [2.24, 2.45) is 0 Å². The minimum Gasteiger partial charge on any atom is -0.309 e. The van der Waals surface area contributed by atoms with E-state index < -0.39 is 0 Å². The van der Waals surface area contributed by atoms with Crippen molar-refractivity contribution in [3.8, 4) is 67.8 Å².